The number of carbonyl (C=O) groups is 1. The number of rotatable bonds is 4. The number of anilines is 1. The molecule has 0 atom stereocenters. The number of nitrogens with two attached hydrogens (primary N) is 1. The van der Waals surface area contributed by atoms with Crippen LogP contribution in [0.4, 0.5) is 5.69 Å². The minimum Gasteiger partial charge on any atom is -0.379 e. The molecule has 1 amide bonds. The topological polar surface area (TPSA) is 102 Å². The number of sulfonamides is 1. The van der Waals surface area contributed by atoms with Gasteiger partial charge in [-0.1, -0.05) is 25.3 Å². The van der Waals surface area contributed by atoms with E-state index in [1.54, 1.807) is 18.2 Å². The zero-order chi connectivity index (χ0) is 17.9. The summed E-state index contributed by atoms with van der Waals surface area (Å²) in [6.07, 6.45) is 4.29. The van der Waals surface area contributed by atoms with Crippen molar-refractivity contribution in [2.24, 2.45) is 5.73 Å². The van der Waals surface area contributed by atoms with Crippen molar-refractivity contribution in [3.8, 4) is 0 Å². The van der Waals surface area contributed by atoms with Gasteiger partial charge in [0.2, 0.25) is 15.9 Å². The molecule has 0 radical (unpaired) electrons. The molecule has 146 valence electrons. The number of benzene rings is 1. The minimum atomic E-state index is -3.59. The first-order valence-electron chi connectivity index (χ1n) is 8.70. The summed E-state index contributed by atoms with van der Waals surface area (Å²) in [5, 5.41) is 2.80. The number of hydrogen-bond donors (Lipinski definition) is 2. The highest BCUT2D eigenvalue weighted by atomic mass is 35.5. The zero-order valence-corrected chi connectivity index (χ0v) is 16.3. The summed E-state index contributed by atoms with van der Waals surface area (Å²) in [6, 6.07) is 6.35. The van der Waals surface area contributed by atoms with Crippen molar-refractivity contribution in [2.45, 2.75) is 42.5 Å². The summed E-state index contributed by atoms with van der Waals surface area (Å²) in [6.45, 7) is 1.46. The number of nitrogens with one attached hydrogen (secondary N) is 1. The Hall–Kier alpha value is -1.19. The number of hydrogen-bond acceptors (Lipinski definition) is 5. The highest BCUT2D eigenvalue weighted by Crippen LogP contribution is 2.28. The van der Waals surface area contributed by atoms with Gasteiger partial charge in [0, 0.05) is 18.8 Å². The van der Waals surface area contributed by atoms with Crippen LogP contribution in [-0.2, 0) is 19.6 Å². The second-order valence-corrected chi connectivity index (χ2v) is 8.65. The number of ether oxygens (including phenoxy) is 1. The summed E-state index contributed by atoms with van der Waals surface area (Å²) in [4.78, 5) is 12.7. The molecule has 1 aromatic carbocycles. The number of amides is 1. The summed E-state index contributed by atoms with van der Waals surface area (Å²) < 4.78 is 32.1. The maximum absolute atomic E-state index is 12.7. The Kier molecular flexibility index (Phi) is 7.04. The Balaban J connectivity index is 0.00000243. The molecule has 0 aromatic heterocycles. The van der Waals surface area contributed by atoms with Crippen molar-refractivity contribution in [1.29, 1.82) is 0 Å². The molecule has 9 heteroatoms. The molecule has 1 aliphatic carbocycles. The fourth-order valence-electron chi connectivity index (χ4n) is 3.34. The van der Waals surface area contributed by atoms with Crippen molar-refractivity contribution in [3.05, 3.63) is 24.3 Å². The third-order valence-corrected chi connectivity index (χ3v) is 6.79. The molecule has 1 saturated heterocycles. The molecule has 0 spiro atoms. The molecule has 7 nitrogen and oxygen atoms in total. The Labute approximate surface area is 160 Å². The van der Waals surface area contributed by atoms with Gasteiger partial charge in [0.05, 0.1) is 23.6 Å². The van der Waals surface area contributed by atoms with E-state index in [9.17, 15) is 13.2 Å². The molecule has 3 N–H and O–H groups in total. The van der Waals surface area contributed by atoms with Gasteiger partial charge in [-0.05, 0) is 31.0 Å². The average molecular weight is 404 g/mol. The molecule has 1 heterocycles. The van der Waals surface area contributed by atoms with Gasteiger partial charge in [-0.15, -0.1) is 12.4 Å². The van der Waals surface area contributed by atoms with Crippen molar-refractivity contribution in [2.75, 3.05) is 31.6 Å². The quantitative estimate of drug-likeness (QED) is 0.797. The van der Waals surface area contributed by atoms with E-state index in [0.29, 0.717) is 44.8 Å². The van der Waals surface area contributed by atoms with E-state index >= 15 is 0 Å². The normalized spacial score (nSPS) is 20.8. The van der Waals surface area contributed by atoms with E-state index in [0.717, 1.165) is 19.3 Å². The van der Waals surface area contributed by atoms with Gasteiger partial charge in [-0.2, -0.15) is 4.31 Å². The predicted molar refractivity (Wildman–Crippen MR) is 102 cm³/mol. The van der Waals surface area contributed by atoms with Crippen LogP contribution in [0.25, 0.3) is 0 Å². The van der Waals surface area contributed by atoms with Crippen LogP contribution in [0.15, 0.2) is 29.2 Å². The second-order valence-electron chi connectivity index (χ2n) is 6.72. The van der Waals surface area contributed by atoms with Crippen molar-refractivity contribution >= 4 is 34.0 Å². The molecule has 2 fully saturated rings. The van der Waals surface area contributed by atoms with E-state index in [2.05, 4.69) is 5.32 Å². The predicted octanol–water partition coefficient (Wildman–Crippen LogP) is 1.73. The second kappa shape index (κ2) is 8.67. The van der Waals surface area contributed by atoms with Gasteiger partial charge in [0.15, 0.2) is 0 Å². The van der Waals surface area contributed by atoms with Gasteiger partial charge in [0.25, 0.3) is 0 Å². The van der Waals surface area contributed by atoms with E-state index in [1.807, 2.05) is 0 Å². The van der Waals surface area contributed by atoms with Crippen LogP contribution >= 0.6 is 12.4 Å². The number of nitrogens with zero attached hydrogens (tertiary/aromatic N) is 1. The Bertz CT molecular complexity index is 729. The first-order valence-corrected chi connectivity index (χ1v) is 10.1. The standard InChI is InChI=1S/C17H25N3O4S.ClH/c18-17(7-2-1-3-8-17)16(21)19-14-5-4-6-15(13-14)25(22,23)20-9-11-24-12-10-20;/h4-6,13H,1-3,7-12,18H2,(H,19,21);1H. The van der Waals surface area contributed by atoms with Gasteiger partial charge in [-0.3, -0.25) is 4.79 Å². The molecule has 0 bridgehead atoms. The third kappa shape index (κ3) is 4.55. The molecule has 1 aromatic rings. The van der Waals surface area contributed by atoms with Gasteiger partial charge in [0.1, 0.15) is 0 Å². The SMILES string of the molecule is Cl.NC1(C(=O)Nc2cccc(S(=O)(=O)N3CCOCC3)c2)CCCCC1. The number of carbonyl (C=O) groups excluding carboxylic acids is 1. The maximum atomic E-state index is 12.7. The summed E-state index contributed by atoms with van der Waals surface area (Å²) in [7, 11) is -3.59. The largest absolute Gasteiger partial charge is 0.379 e. The number of halogens is 1. The van der Waals surface area contributed by atoms with Crippen LogP contribution in [0.2, 0.25) is 0 Å². The lowest BCUT2D eigenvalue weighted by Crippen LogP contribution is -2.52. The lowest BCUT2D eigenvalue weighted by atomic mass is 9.82. The van der Waals surface area contributed by atoms with Crippen LogP contribution in [0, 0.1) is 0 Å². The van der Waals surface area contributed by atoms with Crippen LogP contribution in [0.5, 0.6) is 0 Å². The highest BCUT2D eigenvalue weighted by molar-refractivity contribution is 7.89. The fourth-order valence-corrected chi connectivity index (χ4v) is 4.79. The average Bonchev–Trinajstić information content (AvgIpc) is 2.63. The maximum Gasteiger partial charge on any atom is 0.244 e. The van der Waals surface area contributed by atoms with Crippen molar-refractivity contribution in [3.63, 3.8) is 0 Å². The highest BCUT2D eigenvalue weighted by Gasteiger charge is 2.35. The zero-order valence-electron chi connectivity index (χ0n) is 14.6. The fraction of sp³-hybridized carbons (Fsp3) is 0.588. The Morgan fingerprint density at radius 1 is 1.15 bits per heavy atom. The molecule has 26 heavy (non-hydrogen) atoms. The van der Waals surface area contributed by atoms with Crippen LogP contribution in [0.3, 0.4) is 0 Å². The Morgan fingerprint density at radius 3 is 2.46 bits per heavy atom. The van der Waals surface area contributed by atoms with E-state index in [1.165, 1.54) is 10.4 Å². The number of morpholine rings is 1. The van der Waals surface area contributed by atoms with E-state index < -0.39 is 15.6 Å². The molecule has 1 saturated carbocycles. The van der Waals surface area contributed by atoms with E-state index in [-0.39, 0.29) is 23.2 Å². The first-order chi connectivity index (χ1) is 11.9. The van der Waals surface area contributed by atoms with E-state index in [4.69, 9.17) is 10.5 Å². The smallest absolute Gasteiger partial charge is 0.244 e. The summed E-state index contributed by atoms with van der Waals surface area (Å²) in [5.41, 5.74) is 5.83. The summed E-state index contributed by atoms with van der Waals surface area (Å²) >= 11 is 0. The van der Waals surface area contributed by atoms with Crippen molar-refractivity contribution in [1.82, 2.24) is 4.31 Å². The van der Waals surface area contributed by atoms with Crippen molar-refractivity contribution < 1.29 is 17.9 Å². The first kappa shape index (κ1) is 21.1. The lowest BCUT2D eigenvalue weighted by molar-refractivity contribution is -0.122. The lowest BCUT2D eigenvalue weighted by Gasteiger charge is -2.31. The van der Waals surface area contributed by atoms with Crippen LogP contribution < -0.4 is 11.1 Å². The monoisotopic (exact) mass is 403 g/mol. The van der Waals surface area contributed by atoms with Gasteiger partial charge in [-0.25, -0.2) is 8.42 Å². The minimum absolute atomic E-state index is 0. The van der Waals surface area contributed by atoms with Crippen LogP contribution in [0.1, 0.15) is 32.1 Å². The molecule has 2 aliphatic rings. The van der Waals surface area contributed by atoms with Crippen LogP contribution in [-0.4, -0.2) is 50.5 Å². The molecular formula is C17H26ClN3O4S. The molecule has 3 rings (SSSR count). The van der Waals surface area contributed by atoms with Gasteiger partial charge >= 0.3 is 0 Å². The summed E-state index contributed by atoms with van der Waals surface area (Å²) in [5.74, 6) is -0.242. The van der Waals surface area contributed by atoms with Gasteiger partial charge < -0.3 is 15.8 Å². The third-order valence-electron chi connectivity index (χ3n) is 4.90. The molecular weight excluding hydrogens is 378 g/mol. The molecule has 1 aliphatic heterocycles. The molecule has 0 unspecified atom stereocenters. The Morgan fingerprint density at radius 2 is 1.81 bits per heavy atom.